The number of benzene rings is 2. The predicted octanol–water partition coefficient (Wildman–Crippen LogP) is 3.99. The van der Waals surface area contributed by atoms with Crippen LogP contribution in [0.3, 0.4) is 0 Å². The van der Waals surface area contributed by atoms with Gasteiger partial charge in [0.1, 0.15) is 0 Å². The topological polar surface area (TPSA) is 29.5 Å². The number of ketones is 1. The molecule has 1 unspecified atom stereocenters. The molecule has 0 bridgehead atoms. The molecule has 3 rings (SSSR count). The van der Waals surface area contributed by atoms with Crippen LogP contribution < -0.4 is 0 Å². The van der Waals surface area contributed by atoms with Crippen LogP contribution in [0.15, 0.2) is 66.7 Å². The molecule has 0 amide bonds. The maximum atomic E-state index is 13.2. The second-order valence-electron chi connectivity index (χ2n) is 6.90. The maximum absolute atomic E-state index is 13.2. The Hall–Kier alpha value is -2.23. The summed E-state index contributed by atoms with van der Waals surface area (Å²) in [7, 11) is 0. The largest absolute Gasteiger partial charge is 0.379 e. The van der Waals surface area contributed by atoms with Gasteiger partial charge < -0.3 is 4.74 Å². The molecule has 0 aromatic heterocycles. The number of Topliss-reactive ketones (excluding diaryl/α,β-unsaturated/α-hetero) is 1. The number of carbonyl (C=O) groups excluding carboxylic acids is 1. The van der Waals surface area contributed by atoms with Crippen LogP contribution in [0.25, 0.3) is 6.08 Å². The van der Waals surface area contributed by atoms with Crippen molar-refractivity contribution < 1.29 is 9.53 Å². The minimum atomic E-state index is -0.603. The zero-order valence-corrected chi connectivity index (χ0v) is 15.4. The summed E-state index contributed by atoms with van der Waals surface area (Å²) in [6, 6.07) is 20.4. The number of hydrogen-bond acceptors (Lipinski definition) is 3. The molecule has 1 fully saturated rings. The van der Waals surface area contributed by atoms with Crippen LogP contribution in [-0.4, -0.2) is 42.5 Å². The molecule has 1 atom stereocenters. The summed E-state index contributed by atoms with van der Waals surface area (Å²) in [6.45, 7) is 4.98. The fourth-order valence-electron chi connectivity index (χ4n) is 3.38. The summed E-state index contributed by atoms with van der Waals surface area (Å²) in [5, 5.41) is 0. The van der Waals surface area contributed by atoms with Crippen LogP contribution in [0.1, 0.15) is 24.5 Å². The molecule has 1 aliphatic heterocycles. The first-order valence-corrected chi connectivity index (χ1v) is 9.33. The third-order valence-electron chi connectivity index (χ3n) is 5.12. The smallest absolute Gasteiger partial charge is 0.157 e. The molecule has 3 heteroatoms. The predicted molar refractivity (Wildman–Crippen MR) is 106 cm³/mol. The Labute approximate surface area is 156 Å². The highest BCUT2D eigenvalue weighted by atomic mass is 16.5. The van der Waals surface area contributed by atoms with Crippen molar-refractivity contribution in [3.8, 4) is 0 Å². The monoisotopic (exact) mass is 349 g/mol. The van der Waals surface area contributed by atoms with Gasteiger partial charge in [0.05, 0.1) is 18.8 Å². The van der Waals surface area contributed by atoms with E-state index >= 15 is 0 Å². The first-order valence-electron chi connectivity index (χ1n) is 9.33. The molecule has 1 aliphatic rings. The molecule has 0 radical (unpaired) electrons. The fraction of sp³-hybridized carbons (Fsp3) is 0.348. The number of ether oxygens (including phenoxy) is 1. The first kappa shape index (κ1) is 18.6. The van der Waals surface area contributed by atoms with Crippen molar-refractivity contribution >= 4 is 11.9 Å². The van der Waals surface area contributed by atoms with E-state index in [-0.39, 0.29) is 5.78 Å². The minimum Gasteiger partial charge on any atom is -0.379 e. The molecule has 1 saturated heterocycles. The third-order valence-corrected chi connectivity index (χ3v) is 5.12. The van der Waals surface area contributed by atoms with Crippen molar-refractivity contribution in [2.75, 3.05) is 26.3 Å². The molecule has 0 aliphatic carbocycles. The Kier molecular flexibility index (Phi) is 6.37. The number of nitrogens with zero attached hydrogens (tertiary/aromatic N) is 1. The van der Waals surface area contributed by atoms with Crippen molar-refractivity contribution in [3.63, 3.8) is 0 Å². The Bertz CT molecular complexity index is 720. The number of morpholine rings is 1. The molecule has 2 aromatic carbocycles. The quantitative estimate of drug-likeness (QED) is 0.757. The molecular formula is C23H27NO2. The Balaban J connectivity index is 1.77. The lowest BCUT2D eigenvalue weighted by molar-refractivity contribution is -0.130. The van der Waals surface area contributed by atoms with Crippen LogP contribution in [0.4, 0.5) is 0 Å². The van der Waals surface area contributed by atoms with Crippen molar-refractivity contribution in [1.82, 2.24) is 4.90 Å². The van der Waals surface area contributed by atoms with Crippen LogP contribution in [0.5, 0.6) is 0 Å². The standard InChI is InChI=1S/C23H27NO2/c1-23(24-16-18-26-19-17-24,15-14-21-10-6-3-7-11-21)22(25)13-12-20-8-4-2-5-9-20/h2-11,14-15H,12-13,16-19H2,1H3/b15-14+. The molecule has 26 heavy (non-hydrogen) atoms. The Morgan fingerprint density at radius 1 is 1.04 bits per heavy atom. The summed E-state index contributed by atoms with van der Waals surface area (Å²) >= 11 is 0. The van der Waals surface area contributed by atoms with E-state index in [1.54, 1.807) is 0 Å². The lowest BCUT2D eigenvalue weighted by Gasteiger charge is -2.40. The van der Waals surface area contributed by atoms with E-state index in [0.29, 0.717) is 19.6 Å². The number of hydrogen-bond donors (Lipinski definition) is 0. The normalized spacial score (nSPS) is 17.9. The van der Waals surface area contributed by atoms with Gasteiger partial charge in [-0.05, 0) is 24.5 Å². The van der Waals surface area contributed by atoms with Gasteiger partial charge in [0.25, 0.3) is 0 Å². The van der Waals surface area contributed by atoms with Gasteiger partial charge in [-0.2, -0.15) is 0 Å². The highest BCUT2D eigenvalue weighted by Crippen LogP contribution is 2.24. The number of carbonyl (C=O) groups is 1. The van der Waals surface area contributed by atoms with Gasteiger partial charge in [0.15, 0.2) is 5.78 Å². The molecule has 0 spiro atoms. The fourth-order valence-corrected chi connectivity index (χ4v) is 3.38. The van der Waals surface area contributed by atoms with Crippen molar-refractivity contribution in [1.29, 1.82) is 0 Å². The summed E-state index contributed by atoms with van der Waals surface area (Å²) in [5.74, 6) is 0.260. The number of aryl methyl sites for hydroxylation is 1. The summed E-state index contributed by atoms with van der Waals surface area (Å²) in [4.78, 5) is 15.5. The van der Waals surface area contributed by atoms with E-state index in [4.69, 9.17) is 4.74 Å². The van der Waals surface area contributed by atoms with Crippen LogP contribution in [-0.2, 0) is 16.0 Å². The highest BCUT2D eigenvalue weighted by Gasteiger charge is 2.37. The Morgan fingerprint density at radius 3 is 2.31 bits per heavy atom. The average Bonchev–Trinajstić information content (AvgIpc) is 2.72. The highest BCUT2D eigenvalue weighted by molar-refractivity contribution is 5.91. The van der Waals surface area contributed by atoms with Crippen LogP contribution in [0, 0.1) is 0 Å². The minimum absolute atomic E-state index is 0.260. The molecular weight excluding hydrogens is 322 g/mol. The number of rotatable bonds is 7. The van der Waals surface area contributed by atoms with E-state index in [9.17, 15) is 4.79 Å². The molecule has 3 nitrogen and oxygen atoms in total. The summed E-state index contributed by atoms with van der Waals surface area (Å²) < 4.78 is 5.49. The van der Waals surface area contributed by atoms with Gasteiger partial charge in [0.2, 0.25) is 0 Å². The van der Waals surface area contributed by atoms with Gasteiger partial charge in [-0.25, -0.2) is 0 Å². The van der Waals surface area contributed by atoms with E-state index in [0.717, 1.165) is 25.1 Å². The molecule has 136 valence electrons. The van der Waals surface area contributed by atoms with Gasteiger partial charge in [0, 0.05) is 19.5 Å². The van der Waals surface area contributed by atoms with Gasteiger partial charge in [-0.15, -0.1) is 0 Å². The summed E-state index contributed by atoms with van der Waals surface area (Å²) in [5.41, 5.74) is 1.72. The van der Waals surface area contributed by atoms with Gasteiger partial charge in [-0.3, -0.25) is 9.69 Å². The SMILES string of the molecule is CC(/C=C/c1ccccc1)(C(=O)CCc1ccccc1)N1CCOCC1. The van der Waals surface area contributed by atoms with Crippen LogP contribution >= 0.6 is 0 Å². The second-order valence-corrected chi connectivity index (χ2v) is 6.90. The van der Waals surface area contributed by atoms with E-state index < -0.39 is 5.54 Å². The lowest BCUT2D eigenvalue weighted by Crippen LogP contribution is -2.55. The first-order chi connectivity index (χ1) is 12.7. The lowest BCUT2D eigenvalue weighted by atomic mass is 9.88. The third kappa shape index (κ3) is 4.69. The Morgan fingerprint density at radius 2 is 1.65 bits per heavy atom. The van der Waals surface area contributed by atoms with Crippen molar-refractivity contribution in [3.05, 3.63) is 77.9 Å². The zero-order chi connectivity index (χ0) is 18.2. The second kappa shape index (κ2) is 8.93. The van der Waals surface area contributed by atoms with Crippen LogP contribution in [0.2, 0.25) is 0 Å². The van der Waals surface area contributed by atoms with Gasteiger partial charge >= 0.3 is 0 Å². The van der Waals surface area contributed by atoms with E-state index in [2.05, 4.69) is 41.3 Å². The maximum Gasteiger partial charge on any atom is 0.157 e. The van der Waals surface area contributed by atoms with Gasteiger partial charge in [-0.1, -0.05) is 72.8 Å². The molecule has 2 aromatic rings. The molecule has 1 heterocycles. The van der Waals surface area contributed by atoms with Crippen molar-refractivity contribution in [2.24, 2.45) is 0 Å². The van der Waals surface area contributed by atoms with E-state index in [1.807, 2.05) is 43.3 Å². The summed E-state index contributed by atoms with van der Waals surface area (Å²) in [6.07, 6.45) is 5.45. The average molecular weight is 349 g/mol. The molecule has 0 saturated carbocycles. The van der Waals surface area contributed by atoms with Crippen molar-refractivity contribution in [2.45, 2.75) is 25.3 Å². The van der Waals surface area contributed by atoms with E-state index in [1.165, 1.54) is 5.56 Å². The molecule has 0 N–H and O–H groups in total. The zero-order valence-electron chi connectivity index (χ0n) is 15.4.